The molecule has 0 fully saturated rings. The molecular formula is C20H13N5O2S2. The molecule has 2 heterocycles. The number of hydrogen-bond acceptors (Lipinski definition) is 8. The smallest absolute Gasteiger partial charge is 0.292 e. The largest absolute Gasteiger partial charge is 0.388 e. The number of fused-ring (bicyclic) bond motifs is 1. The van der Waals surface area contributed by atoms with Crippen molar-refractivity contribution >= 4 is 45.0 Å². The Kier molecular flexibility index (Phi) is 5.65. The third-order valence-electron chi connectivity index (χ3n) is 3.89. The van der Waals surface area contributed by atoms with Crippen molar-refractivity contribution in [1.29, 1.82) is 5.26 Å². The minimum atomic E-state index is -0.221. The number of nitrogens with one attached hydrogen (secondary N) is 1. The summed E-state index contributed by atoms with van der Waals surface area (Å²) in [7, 11) is 0. The summed E-state index contributed by atoms with van der Waals surface area (Å²) in [5.74, 6) is 0.179. The van der Waals surface area contributed by atoms with Crippen LogP contribution in [0.15, 0.2) is 70.0 Å². The van der Waals surface area contributed by atoms with E-state index >= 15 is 0 Å². The van der Waals surface area contributed by atoms with Gasteiger partial charge in [-0.1, -0.05) is 53.4 Å². The fourth-order valence-corrected chi connectivity index (χ4v) is 4.52. The molecule has 29 heavy (non-hydrogen) atoms. The molecule has 4 aromatic rings. The molecule has 1 amide bonds. The van der Waals surface area contributed by atoms with E-state index in [1.807, 2.05) is 30.3 Å². The third-order valence-corrected chi connectivity index (χ3v) is 5.85. The Bertz CT molecular complexity index is 1210. The third kappa shape index (κ3) is 4.68. The fourth-order valence-electron chi connectivity index (χ4n) is 2.67. The number of para-hydroxylation sites is 1. The van der Waals surface area contributed by atoms with Gasteiger partial charge in [0, 0.05) is 16.5 Å². The predicted molar refractivity (Wildman–Crippen MR) is 111 cm³/mol. The Hall–Kier alpha value is -3.48. The summed E-state index contributed by atoms with van der Waals surface area (Å²) in [5.41, 5.74) is 1.65. The molecule has 142 valence electrons. The molecule has 9 heteroatoms. The first-order valence-corrected chi connectivity index (χ1v) is 10.1. The van der Waals surface area contributed by atoms with E-state index in [0.29, 0.717) is 10.9 Å². The highest BCUT2D eigenvalue weighted by molar-refractivity contribution is 8.01. The molecule has 0 aliphatic heterocycles. The van der Waals surface area contributed by atoms with Crippen LogP contribution in [0.25, 0.3) is 10.9 Å². The Morgan fingerprint density at radius 2 is 2.07 bits per heavy atom. The number of nitriles is 1. The zero-order valence-electron chi connectivity index (χ0n) is 14.9. The summed E-state index contributed by atoms with van der Waals surface area (Å²) in [6.07, 6.45) is 3.52. The summed E-state index contributed by atoms with van der Waals surface area (Å²) in [6, 6.07) is 16.7. The average Bonchev–Trinajstić information content (AvgIpc) is 3.15. The van der Waals surface area contributed by atoms with Crippen LogP contribution >= 0.6 is 23.1 Å². The number of aromatic nitrogens is 3. The van der Waals surface area contributed by atoms with Crippen LogP contribution in [-0.2, 0) is 11.2 Å². The van der Waals surface area contributed by atoms with Crippen molar-refractivity contribution in [2.45, 2.75) is 15.7 Å². The minimum Gasteiger partial charge on any atom is -0.388 e. The van der Waals surface area contributed by atoms with Gasteiger partial charge in [0.2, 0.25) is 11.0 Å². The SMILES string of the molecule is N#COc1cccc(CC(=O)Nc2nnc(Sc3ccnc4ccccc34)s2)c1. The molecule has 0 atom stereocenters. The molecule has 4 rings (SSSR count). The van der Waals surface area contributed by atoms with Gasteiger partial charge in [-0.3, -0.25) is 9.78 Å². The quantitative estimate of drug-likeness (QED) is 0.368. The van der Waals surface area contributed by atoms with E-state index < -0.39 is 0 Å². The number of hydrogen-bond donors (Lipinski definition) is 1. The van der Waals surface area contributed by atoms with Crippen LogP contribution in [0.2, 0.25) is 0 Å². The summed E-state index contributed by atoms with van der Waals surface area (Å²) in [5, 5.41) is 21.0. The summed E-state index contributed by atoms with van der Waals surface area (Å²) >= 11 is 2.79. The lowest BCUT2D eigenvalue weighted by molar-refractivity contribution is -0.115. The second-order valence-electron chi connectivity index (χ2n) is 5.87. The Morgan fingerprint density at radius 1 is 1.17 bits per heavy atom. The summed E-state index contributed by atoms with van der Waals surface area (Å²) < 4.78 is 5.51. The van der Waals surface area contributed by atoms with Gasteiger partial charge in [-0.15, -0.1) is 15.5 Å². The van der Waals surface area contributed by atoms with Gasteiger partial charge in [-0.2, -0.15) is 0 Å². The maximum absolute atomic E-state index is 12.3. The number of rotatable bonds is 6. The molecule has 0 aliphatic rings. The maximum Gasteiger partial charge on any atom is 0.292 e. The molecule has 0 bridgehead atoms. The number of carbonyl (C=O) groups excluding carboxylic acids is 1. The number of benzene rings is 2. The number of carbonyl (C=O) groups is 1. The number of pyridine rings is 1. The summed E-state index contributed by atoms with van der Waals surface area (Å²) in [4.78, 5) is 17.7. The fraction of sp³-hybridized carbons (Fsp3) is 0.0500. The second-order valence-corrected chi connectivity index (χ2v) is 8.13. The van der Waals surface area contributed by atoms with E-state index in [4.69, 9.17) is 10.00 Å². The van der Waals surface area contributed by atoms with Gasteiger partial charge in [0.1, 0.15) is 5.75 Å². The average molecular weight is 419 g/mol. The van der Waals surface area contributed by atoms with Crippen molar-refractivity contribution in [3.8, 4) is 12.0 Å². The van der Waals surface area contributed by atoms with Gasteiger partial charge >= 0.3 is 0 Å². The first-order chi connectivity index (χ1) is 14.2. The van der Waals surface area contributed by atoms with Gasteiger partial charge < -0.3 is 10.1 Å². The Labute approximate surface area is 174 Å². The minimum absolute atomic E-state index is 0.139. The molecular weight excluding hydrogens is 406 g/mol. The van der Waals surface area contributed by atoms with Crippen LogP contribution in [0.5, 0.6) is 5.75 Å². The first kappa shape index (κ1) is 18.9. The van der Waals surface area contributed by atoms with E-state index in [9.17, 15) is 4.79 Å². The van der Waals surface area contributed by atoms with E-state index in [1.165, 1.54) is 23.1 Å². The van der Waals surface area contributed by atoms with Crippen molar-refractivity contribution < 1.29 is 9.53 Å². The van der Waals surface area contributed by atoms with Crippen molar-refractivity contribution in [3.05, 3.63) is 66.4 Å². The topological polar surface area (TPSA) is 101 Å². The Morgan fingerprint density at radius 3 is 2.97 bits per heavy atom. The Balaban J connectivity index is 1.42. The van der Waals surface area contributed by atoms with Crippen LogP contribution in [-0.4, -0.2) is 21.1 Å². The number of anilines is 1. The molecule has 0 unspecified atom stereocenters. The summed E-state index contributed by atoms with van der Waals surface area (Å²) in [6.45, 7) is 0. The van der Waals surface area contributed by atoms with Crippen LogP contribution in [0.1, 0.15) is 5.56 Å². The number of ether oxygens (including phenoxy) is 1. The molecule has 7 nitrogen and oxygen atoms in total. The van der Waals surface area contributed by atoms with Gasteiger partial charge in [0.25, 0.3) is 6.26 Å². The van der Waals surface area contributed by atoms with Gasteiger partial charge in [-0.25, -0.2) is 0 Å². The lowest BCUT2D eigenvalue weighted by atomic mass is 10.1. The first-order valence-electron chi connectivity index (χ1n) is 8.51. The van der Waals surface area contributed by atoms with E-state index in [2.05, 4.69) is 20.5 Å². The normalized spacial score (nSPS) is 10.4. The standard InChI is InChI=1S/C20H13N5O2S2/c21-12-27-14-5-3-4-13(10-14)11-18(26)23-19-24-25-20(29-19)28-17-8-9-22-16-7-2-1-6-15(16)17/h1-10H,11H2,(H,23,24,26). The van der Waals surface area contributed by atoms with E-state index in [1.54, 1.807) is 36.7 Å². The van der Waals surface area contributed by atoms with Crippen LogP contribution in [0.3, 0.4) is 0 Å². The van der Waals surface area contributed by atoms with Gasteiger partial charge in [0.15, 0.2) is 4.34 Å². The van der Waals surface area contributed by atoms with Crippen molar-refractivity contribution in [2.24, 2.45) is 0 Å². The highest BCUT2D eigenvalue weighted by Crippen LogP contribution is 2.35. The lowest BCUT2D eigenvalue weighted by Gasteiger charge is -2.03. The van der Waals surface area contributed by atoms with Gasteiger partial charge in [-0.05, 0) is 29.8 Å². The molecule has 2 aromatic carbocycles. The second kappa shape index (κ2) is 8.68. The molecule has 2 aromatic heterocycles. The van der Waals surface area contributed by atoms with Crippen LogP contribution in [0.4, 0.5) is 5.13 Å². The zero-order valence-corrected chi connectivity index (χ0v) is 16.5. The maximum atomic E-state index is 12.3. The number of nitrogens with zero attached hydrogens (tertiary/aromatic N) is 4. The van der Waals surface area contributed by atoms with E-state index in [-0.39, 0.29) is 12.3 Å². The van der Waals surface area contributed by atoms with Crippen molar-refractivity contribution in [1.82, 2.24) is 15.2 Å². The van der Waals surface area contributed by atoms with Crippen LogP contribution < -0.4 is 10.1 Å². The highest BCUT2D eigenvalue weighted by Gasteiger charge is 2.12. The molecule has 0 radical (unpaired) electrons. The molecule has 0 aliphatic carbocycles. The molecule has 0 saturated carbocycles. The molecule has 0 spiro atoms. The van der Waals surface area contributed by atoms with E-state index in [0.717, 1.165) is 25.7 Å². The predicted octanol–water partition coefficient (Wildman–Crippen LogP) is 4.28. The zero-order chi connectivity index (χ0) is 20.1. The molecule has 0 saturated heterocycles. The monoisotopic (exact) mass is 419 g/mol. The highest BCUT2D eigenvalue weighted by atomic mass is 32.2. The lowest BCUT2D eigenvalue weighted by Crippen LogP contribution is -2.14. The van der Waals surface area contributed by atoms with Gasteiger partial charge in [0.05, 0.1) is 11.9 Å². The van der Waals surface area contributed by atoms with Crippen molar-refractivity contribution in [3.63, 3.8) is 0 Å². The molecule has 1 N–H and O–H groups in total. The number of amides is 1. The van der Waals surface area contributed by atoms with Crippen LogP contribution in [0, 0.1) is 11.5 Å². The van der Waals surface area contributed by atoms with Crippen molar-refractivity contribution in [2.75, 3.05) is 5.32 Å².